The third-order valence-electron chi connectivity index (χ3n) is 7.57. The van der Waals surface area contributed by atoms with Crippen LogP contribution in [0, 0.1) is 27.9 Å². The third kappa shape index (κ3) is 4.30. The molecule has 2 aromatic carbocycles. The van der Waals surface area contributed by atoms with Crippen molar-refractivity contribution in [3.8, 4) is 11.5 Å². The van der Waals surface area contributed by atoms with E-state index in [1.807, 2.05) is 12.1 Å². The molecule has 2 aromatic rings. The number of halogens is 1. The van der Waals surface area contributed by atoms with Crippen LogP contribution in [-0.4, -0.2) is 17.6 Å². The van der Waals surface area contributed by atoms with E-state index < -0.39 is 4.92 Å². The highest BCUT2D eigenvalue weighted by Crippen LogP contribution is 2.55. The Morgan fingerprint density at radius 1 is 1.06 bits per heavy atom. The largest absolute Gasteiger partial charge is 0.493 e. The zero-order valence-corrected chi connectivity index (χ0v) is 19.1. The van der Waals surface area contributed by atoms with Crippen LogP contribution in [0.15, 0.2) is 36.4 Å². The highest BCUT2D eigenvalue weighted by molar-refractivity contribution is 6.31. The first kappa shape index (κ1) is 21.5. The lowest BCUT2D eigenvalue weighted by atomic mass is 9.53. The van der Waals surface area contributed by atoms with Crippen LogP contribution in [0.3, 0.4) is 0 Å². The summed E-state index contributed by atoms with van der Waals surface area (Å²) >= 11 is 6.63. The van der Waals surface area contributed by atoms with Crippen molar-refractivity contribution in [2.75, 3.05) is 7.11 Å². The Kier molecular flexibility index (Phi) is 5.76. The SMILES string of the molecule is COc1cc(CNC23CC4CC(CC(C4)C2)C3)c(Cl)cc1OCc1ccc([N+](=O)[O-])cc1. The summed E-state index contributed by atoms with van der Waals surface area (Å²) < 4.78 is 11.5. The van der Waals surface area contributed by atoms with Crippen LogP contribution >= 0.6 is 11.6 Å². The summed E-state index contributed by atoms with van der Waals surface area (Å²) in [6.07, 6.45) is 8.17. The molecule has 4 aliphatic rings. The van der Waals surface area contributed by atoms with Crippen LogP contribution < -0.4 is 14.8 Å². The summed E-state index contributed by atoms with van der Waals surface area (Å²) in [7, 11) is 1.62. The Bertz CT molecular complexity index is 972. The Balaban J connectivity index is 1.25. The second-order valence-electron chi connectivity index (χ2n) is 9.86. The van der Waals surface area contributed by atoms with Crippen LogP contribution in [0.5, 0.6) is 11.5 Å². The van der Waals surface area contributed by atoms with Crippen LogP contribution in [0.1, 0.15) is 49.7 Å². The monoisotopic (exact) mass is 456 g/mol. The molecular weight excluding hydrogens is 428 g/mol. The van der Waals surface area contributed by atoms with Gasteiger partial charge in [-0.3, -0.25) is 10.1 Å². The van der Waals surface area contributed by atoms with Gasteiger partial charge in [-0.05, 0) is 85.6 Å². The van der Waals surface area contributed by atoms with E-state index in [1.165, 1.54) is 50.7 Å². The van der Waals surface area contributed by atoms with Gasteiger partial charge >= 0.3 is 0 Å². The van der Waals surface area contributed by atoms with Crippen molar-refractivity contribution in [2.24, 2.45) is 17.8 Å². The summed E-state index contributed by atoms with van der Waals surface area (Å²) in [5, 5.41) is 15.4. The Morgan fingerprint density at radius 2 is 1.69 bits per heavy atom. The number of nitro groups is 1. The lowest BCUT2D eigenvalue weighted by Gasteiger charge is -2.57. The molecular formula is C25H29ClN2O4. The molecule has 0 amide bonds. The van der Waals surface area contributed by atoms with E-state index in [1.54, 1.807) is 19.2 Å². The number of methoxy groups -OCH3 is 1. The third-order valence-corrected chi connectivity index (χ3v) is 7.92. The second-order valence-corrected chi connectivity index (χ2v) is 10.3. The first-order valence-corrected chi connectivity index (χ1v) is 11.8. The highest BCUT2D eigenvalue weighted by atomic mass is 35.5. The van der Waals surface area contributed by atoms with Gasteiger partial charge in [0.05, 0.1) is 12.0 Å². The Labute approximate surface area is 193 Å². The van der Waals surface area contributed by atoms with Gasteiger partial charge in [-0.2, -0.15) is 0 Å². The van der Waals surface area contributed by atoms with Gasteiger partial charge in [0.25, 0.3) is 5.69 Å². The quantitative estimate of drug-likeness (QED) is 0.395. The standard InChI is InChI=1S/C25H29ClN2O4/c1-31-23-9-20(14-27-25-11-17-6-18(12-25)8-19(7-17)13-25)22(26)10-24(23)32-15-16-2-4-21(5-3-16)28(29)30/h2-5,9-10,17-19,27H,6-8,11-15H2,1H3. The molecule has 0 unspecified atom stereocenters. The van der Waals surface area contributed by atoms with Gasteiger partial charge < -0.3 is 14.8 Å². The molecule has 4 fully saturated rings. The van der Waals surface area contributed by atoms with Crippen molar-refractivity contribution in [3.05, 3.63) is 62.7 Å². The normalized spacial score (nSPS) is 28.0. The van der Waals surface area contributed by atoms with Gasteiger partial charge in [0, 0.05) is 35.3 Å². The number of nitro benzene ring substituents is 1. The molecule has 32 heavy (non-hydrogen) atoms. The van der Waals surface area contributed by atoms with Crippen LogP contribution in [0.4, 0.5) is 5.69 Å². The molecule has 4 bridgehead atoms. The molecule has 0 radical (unpaired) electrons. The molecule has 0 saturated heterocycles. The summed E-state index contributed by atoms with van der Waals surface area (Å²) in [5.74, 6) is 3.89. The highest BCUT2D eigenvalue weighted by Gasteiger charge is 2.50. The molecule has 0 aliphatic heterocycles. The molecule has 6 rings (SSSR count). The average Bonchev–Trinajstić information content (AvgIpc) is 2.76. The summed E-state index contributed by atoms with van der Waals surface area (Å²) in [6, 6.07) is 10.1. The van der Waals surface area contributed by atoms with Crippen molar-refractivity contribution in [3.63, 3.8) is 0 Å². The summed E-state index contributed by atoms with van der Waals surface area (Å²) in [5.41, 5.74) is 2.18. The fourth-order valence-electron chi connectivity index (χ4n) is 6.47. The van der Waals surface area contributed by atoms with Crippen molar-refractivity contribution < 1.29 is 14.4 Å². The van der Waals surface area contributed by atoms with E-state index in [9.17, 15) is 10.1 Å². The molecule has 0 aromatic heterocycles. The maximum atomic E-state index is 10.8. The number of nitrogens with zero attached hydrogens (tertiary/aromatic N) is 1. The van der Waals surface area contributed by atoms with Gasteiger partial charge in [0.15, 0.2) is 11.5 Å². The maximum Gasteiger partial charge on any atom is 0.269 e. The smallest absolute Gasteiger partial charge is 0.269 e. The lowest BCUT2D eigenvalue weighted by molar-refractivity contribution is -0.384. The molecule has 1 N–H and O–H groups in total. The van der Waals surface area contributed by atoms with E-state index >= 15 is 0 Å². The minimum atomic E-state index is -0.413. The zero-order chi connectivity index (χ0) is 22.3. The molecule has 0 spiro atoms. The van der Waals surface area contributed by atoms with E-state index in [0.29, 0.717) is 16.5 Å². The topological polar surface area (TPSA) is 73.6 Å². The predicted octanol–water partition coefficient (Wildman–Crippen LogP) is 5.89. The minimum absolute atomic E-state index is 0.0604. The number of ether oxygens (including phenoxy) is 2. The van der Waals surface area contributed by atoms with Gasteiger partial charge in [-0.25, -0.2) is 0 Å². The number of rotatable bonds is 8. The fraction of sp³-hybridized carbons (Fsp3) is 0.520. The van der Waals surface area contributed by atoms with Crippen molar-refractivity contribution in [1.29, 1.82) is 0 Å². The molecule has 7 heteroatoms. The predicted molar refractivity (Wildman–Crippen MR) is 123 cm³/mol. The van der Waals surface area contributed by atoms with Crippen LogP contribution in [-0.2, 0) is 13.2 Å². The molecule has 0 atom stereocenters. The van der Waals surface area contributed by atoms with E-state index in [-0.39, 0.29) is 17.8 Å². The van der Waals surface area contributed by atoms with Gasteiger partial charge in [0.1, 0.15) is 6.61 Å². The molecule has 0 heterocycles. The van der Waals surface area contributed by atoms with Gasteiger partial charge in [-0.1, -0.05) is 11.6 Å². The van der Waals surface area contributed by atoms with Crippen LogP contribution in [0.2, 0.25) is 5.02 Å². The number of hydrogen-bond acceptors (Lipinski definition) is 5. The Morgan fingerprint density at radius 3 is 2.25 bits per heavy atom. The van der Waals surface area contributed by atoms with Crippen LogP contribution in [0.25, 0.3) is 0 Å². The van der Waals surface area contributed by atoms with E-state index in [4.69, 9.17) is 21.1 Å². The number of non-ortho nitro benzene ring substituents is 1. The van der Waals surface area contributed by atoms with Crippen molar-refractivity contribution in [2.45, 2.75) is 57.2 Å². The molecule has 4 saturated carbocycles. The summed E-state index contributed by atoms with van der Waals surface area (Å²) in [6.45, 7) is 1.000. The number of benzene rings is 2. The maximum absolute atomic E-state index is 10.8. The van der Waals surface area contributed by atoms with E-state index in [0.717, 1.165) is 35.4 Å². The minimum Gasteiger partial charge on any atom is -0.493 e. The second kappa shape index (κ2) is 8.56. The van der Waals surface area contributed by atoms with Crippen molar-refractivity contribution >= 4 is 17.3 Å². The van der Waals surface area contributed by atoms with Gasteiger partial charge in [0.2, 0.25) is 0 Å². The van der Waals surface area contributed by atoms with E-state index in [2.05, 4.69) is 5.32 Å². The lowest BCUT2D eigenvalue weighted by Crippen LogP contribution is -2.58. The van der Waals surface area contributed by atoms with Gasteiger partial charge in [-0.15, -0.1) is 0 Å². The zero-order valence-electron chi connectivity index (χ0n) is 18.3. The number of nitrogens with one attached hydrogen (secondary N) is 1. The molecule has 6 nitrogen and oxygen atoms in total. The molecule has 4 aliphatic carbocycles. The molecule has 170 valence electrons. The Hall–Kier alpha value is -2.31. The first-order chi connectivity index (χ1) is 15.4. The number of hydrogen-bond donors (Lipinski definition) is 1. The fourth-order valence-corrected chi connectivity index (χ4v) is 6.69. The van der Waals surface area contributed by atoms with Crippen molar-refractivity contribution in [1.82, 2.24) is 5.32 Å². The first-order valence-electron chi connectivity index (χ1n) is 11.4. The summed E-state index contributed by atoms with van der Waals surface area (Å²) in [4.78, 5) is 10.4. The average molecular weight is 457 g/mol.